The van der Waals surface area contributed by atoms with E-state index in [2.05, 4.69) is 0 Å². The summed E-state index contributed by atoms with van der Waals surface area (Å²) in [6, 6.07) is 15.6. The molecule has 0 aliphatic rings. The van der Waals surface area contributed by atoms with Gasteiger partial charge in [0.05, 0.1) is 5.39 Å². The zero-order chi connectivity index (χ0) is 12.5. The van der Waals surface area contributed by atoms with Crippen molar-refractivity contribution in [2.75, 3.05) is 0 Å². The molecule has 1 aromatic carbocycles. The average molecular weight is 252 g/mol. The SMILES string of the molecule is N#Cc1cc2cc(-c3ccccc3)sc2[n+]([O-])c1. The van der Waals surface area contributed by atoms with Gasteiger partial charge < -0.3 is 5.21 Å². The third-order valence-corrected chi connectivity index (χ3v) is 3.88. The number of hydrogen-bond acceptors (Lipinski definition) is 3. The van der Waals surface area contributed by atoms with Crippen LogP contribution in [0.5, 0.6) is 0 Å². The Morgan fingerprint density at radius 2 is 1.94 bits per heavy atom. The van der Waals surface area contributed by atoms with E-state index >= 15 is 0 Å². The van der Waals surface area contributed by atoms with Crippen LogP contribution in [0.15, 0.2) is 48.7 Å². The van der Waals surface area contributed by atoms with Crippen molar-refractivity contribution in [2.24, 2.45) is 0 Å². The maximum absolute atomic E-state index is 11.8. The molecule has 2 heterocycles. The number of fused-ring (bicyclic) bond motifs is 1. The number of rotatable bonds is 1. The fourth-order valence-electron chi connectivity index (χ4n) is 1.87. The van der Waals surface area contributed by atoms with E-state index in [4.69, 9.17) is 5.26 Å². The van der Waals surface area contributed by atoms with E-state index in [-0.39, 0.29) is 0 Å². The molecule has 3 nitrogen and oxygen atoms in total. The zero-order valence-corrected chi connectivity index (χ0v) is 10.1. The summed E-state index contributed by atoms with van der Waals surface area (Å²) in [5, 5.41) is 21.4. The second-order valence-electron chi connectivity index (χ2n) is 3.90. The summed E-state index contributed by atoms with van der Waals surface area (Å²) in [6.07, 6.45) is 1.31. The second-order valence-corrected chi connectivity index (χ2v) is 4.93. The third kappa shape index (κ3) is 1.71. The molecule has 0 radical (unpaired) electrons. The molecule has 0 atom stereocenters. The molecule has 0 fully saturated rings. The molecule has 0 aliphatic carbocycles. The van der Waals surface area contributed by atoms with Crippen LogP contribution >= 0.6 is 11.3 Å². The molecule has 0 saturated heterocycles. The third-order valence-electron chi connectivity index (χ3n) is 2.70. The summed E-state index contributed by atoms with van der Waals surface area (Å²) in [4.78, 5) is 1.66. The van der Waals surface area contributed by atoms with E-state index in [9.17, 15) is 5.21 Å². The molecule has 0 N–H and O–H groups in total. The summed E-state index contributed by atoms with van der Waals surface area (Å²) in [5.41, 5.74) is 1.46. The predicted molar refractivity (Wildman–Crippen MR) is 70.9 cm³/mol. The van der Waals surface area contributed by atoms with Crippen LogP contribution in [0.1, 0.15) is 5.56 Å². The van der Waals surface area contributed by atoms with Gasteiger partial charge in [0.25, 0.3) is 4.83 Å². The van der Waals surface area contributed by atoms with Crippen molar-refractivity contribution in [3.05, 3.63) is 59.4 Å². The Bertz CT molecular complexity index is 757. The summed E-state index contributed by atoms with van der Waals surface area (Å²) >= 11 is 1.44. The Labute approximate surface area is 108 Å². The van der Waals surface area contributed by atoms with Crippen molar-refractivity contribution < 1.29 is 4.73 Å². The van der Waals surface area contributed by atoms with Crippen molar-refractivity contribution >= 4 is 21.6 Å². The first kappa shape index (κ1) is 10.8. The highest BCUT2D eigenvalue weighted by atomic mass is 32.1. The first-order valence-electron chi connectivity index (χ1n) is 5.40. The van der Waals surface area contributed by atoms with Gasteiger partial charge in [-0.2, -0.15) is 9.99 Å². The van der Waals surface area contributed by atoms with Gasteiger partial charge in [-0.3, -0.25) is 0 Å². The van der Waals surface area contributed by atoms with Crippen LogP contribution in [-0.4, -0.2) is 0 Å². The normalized spacial score (nSPS) is 10.4. The lowest BCUT2D eigenvalue weighted by atomic mass is 10.1. The molecule has 3 rings (SSSR count). The van der Waals surface area contributed by atoms with Gasteiger partial charge in [-0.15, -0.1) is 0 Å². The lowest BCUT2D eigenvalue weighted by Crippen LogP contribution is -2.25. The van der Waals surface area contributed by atoms with Gasteiger partial charge in [-0.05, 0) is 17.7 Å². The molecule has 18 heavy (non-hydrogen) atoms. The van der Waals surface area contributed by atoms with Crippen molar-refractivity contribution in [2.45, 2.75) is 0 Å². The van der Waals surface area contributed by atoms with Crippen LogP contribution in [0.2, 0.25) is 0 Å². The smallest absolute Gasteiger partial charge is 0.280 e. The quantitative estimate of drug-likeness (QED) is 0.493. The highest BCUT2D eigenvalue weighted by molar-refractivity contribution is 7.21. The molecule has 0 bridgehead atoms. The lowest BCUT2D eigenvalue weighted by Gasteiger charge is -1.96. The minimum Gasteiger partial charge on any atom is -0.618 e. The minimum atomic E-state index is 0.384. The fraction of sp³-hybridized carbons (Fsp3) is 0. The van der Waals surface area contributed by atoms with Crippen LogP contribution in [0.3, 0.4) is 0 Å². The van der Waals surface area contributed by atoms with Crippen molar-refractivity contribution in [3.63, 3.8) is 0 Å². The number of aromatic nitrogens is 1. The molecule has 2 aromatic heterocycles. The topological polar surface area (TPSA) is 50.7 Å². The Morgan fingerprint density at radius 1 is 1.17 bits per heavy atom. The van der Waals surface area contributed by atoms with Crippen LogP contribution in [0, 0.1) is 16.5 Å². The Morgan fingerprint density at radius 3 is 2.67 bits per heavy atom. The van der Waals surface area contributed by atoms with Gasteiger partial charge in [0.2, 0.25) is 0 Å². The molecule has 0 aliphatic heterocycles. The first-order valence-corrected chi connectivity index (χ1v) is 6.22. The number of benzene rings is 1. The number of thiophene rings is 1. The van der Waals surface area contributed by atoms with Gasteiger partial charge >= 0.3 is 0 Å². The molecule has 3 aromatic rings. The maximum atomic E-state index is 11.8. The number of nitrogens with zero attached hydrogens (tertiary/aromatic N) is 2. The fourth-order valence-corrected chi connectivity index (χ4v) is 2.89. The van der Waals surface area contributed by atoms with Crippen molar-refractivity contribution in [1.82, 2.24) is 0 Å². The Hall–Kier alpha value is -2.38. The van der Waals surface area contributed by atoms with Gasteiger partial charge in [-0.25, -0.2) is 0 Å². The summed E-state index contributed by atoms with van der Waals surface area (Å²) in [5.74, 6) is 0. The predicted octanol–water partition coefficient (Wildman–Crippen LogP) is 3.07. The van der Waals surface area contributed by atoms with Gasteiger partial charge in [0, 0.05) is 4.88 Å². The lowest BCUT2D eigenvalue weighted by molar-refractivity contribution is -0.574. The Balaban J connectivity index is 2.24. The van der Waals surface area contributed by atoms with Gasteiger partial charge in [0.15, 0.2) is 6.20 Å². The van der Waals surface area contributed by atoms with Crippen molar-refractivity contribution in [3.8, 4) is 16.5 Å². The van der Waals surface area contributed by atoms with Gasteiger partial charge in [-0.1, -0.05) is 41.7 Å². The number of pyridine rings is 1. The van der Waals surface area contributed by atoms with E-state index in [0.717, 1.165) is 20.6 Å². The zero-order valence-electron chi connectivity index (χ0n) is 9.33. The van der Waals surface area contributed by atoms with Crippen LogP contribution < -0.4 is 4.73 Å². The largest absolute Gasteiger partial charge is 0.618 e. The molecular weight excluding hydrogens is 244 g/mol. The summed E-state index contributed by atoms with van der Waals surface area (Å²) in [7, 11) is 0. The molecular formula is C14H8N2OS. The van der Waals surface area contributed by atoms with E-state index in [1.165, 1.54) is 17.5 Å². The van der Waals surface area contributed by atoms with E-state index in [1.807, 2.05) is 42.5 Å². The van der Waals surface area contributed by atoms with Crippen LogP contribution in [-0.2, 0) is 0 Å². The molecule has 0 saturated carbocycles. The molecule has 0 amide bonds. The summed E-state index contributed by atoms with van der Waals surface area (Å²) in [6.45, 7) is 0. The monoisotopic (exact) mass is 252 g/mol. The first-order chi connectivity index (χ1) is 8.78. The number of hydrogen-bond donors (Lipinski definition) is 0. The molecule has 0 unspecified atom stereocenters. The second kappa shape index (κ2) is 4.13. The highest BCUT2D eigenvalue weighted by Crippen LogP contribution is 2.31. The maximum Gasteiger partial charge on any atom is 0.280 e. The minimum absolute atomic E-state index is 0.384. The van der Waals surface area contributed by atoms with E-state index in [0.29, 0.717) is 10.4 Å². The van der Waals surface area contributed by atoms with E-state index in [1.54, 1.807) is 6.07 Å². The van der Waals surface area contributed by atoms with Crippen LogP contribution in [0.25, 0.3) is 20.7 Å². The van der Waals surface area contributed by atoms with E-state index < -0.39 is 0 Å². The molecule has 86 valence electrons. The molecule has 0 spiro atoms. The molecule has 4 heteroatoms. The van der Waals surface area contributed by atoms with Crippen molar-refractivity contribution in [1.29, 1.82) is 5.26 Å². The highest BCUT2D eigenvalue weighted by Gasteiger charge is 2.12. The summed E-state index contributed by atoms with van der Waals surface area (Å²) < 4.78 is 0.769. The van der Waals surface area contributed by atoms with Gasteiger partial charge in [0.1, 0.15) is 11.6 Å². The average Bonchev–Trinajstić information content (AvgIpc) is 2.84. The Kier molecular flexibility index (Phi) is 2.47. The number of nitriles is 1. The standard InChI is InChI=1S/C14H8N2OS/c15-8-10-6-12-7-13(11-4-2-1-3-5-11)18-14(12)16(17)9-10/h1-7,9H. The van der Waals surface area contributed by atoms with Crippen LogP contribution in [0.4, 0.5) is 0 Å².